The number of nitrogens with one attached hydrogen (secondary N) is 1. The topological polar surface area (TPSA) is 86.8 Å². The highest BCUT2D eigenvalue weighted by molar-refractivity contribution is 7.92. The summed E-state index contributed by atoms with van der Waals surface area (Å²) in [6, 6.07) is 15.8. The third kappa shape index (κ3) is 7.80. The summed E-state index contributed by atoms with van der Waals surface area (Å²) in [5.41, 5.74) is 0.553. The largest absolute Gasteiger partial charge is 0.354 e. The van der Waals surface area contributed by atoms with E-state index in [4.69, 9.17) is 46.4 Å². The molecule has 7 nitrogen and oxygen atoms in total. The van der Waals surface area contributed by atoms with Crippen molar-refractivity contribution in [2.75, 3.05) is 17.4 Å². The highest BCUT2D eigenvalue weighted by Crippen LogP contribution is 2.33. The summed E-state index contributed by atoms with van der Waals surface area (Å²) in [6.07, 6.45) is 0.700. The molecule has 0 saturated heterocycles. The first kappa shape index (κ1) is 31.0. The lowest BCUT2D eigenvalue weighted by Crippen LogP contribution is -2.51. The van der Waals surface area contributed by atoms with E-state index in [0.717, 1.165) is 4.31 Å². The van der Waals surface area contributed by atoms with E-state index in [1.165, 1.54) is 41.3 Å². The molecule has 0 aliphatic heterocycles. The van der Waals surface area contributed by atoms with Crippen molar-refractivity contribution in [3.63, 3.8) is 0 Å². The third-order valence-electron chi connectivity index (χ3n) is 5.86. The van der Waals surface area contributed by atoms with Crippen LogP contribution in [0.3, 0.4) is 0 Å². The van der Waals surface area contributed by atoms with Crippen molar-refractivity contribution in [1.29, 1.82) is 0 Å². The number of hydrogen-bond acceptors (Lipinski definition) is 4. The van der Waals surface area contributed by atoms with Gasteiger partial charge in [-0.25, -0.2) is 8.42 Å². The van der Waals surface area contributed by atoms with Crippen LogP contribution in [0, 0.1) is 0 Å². The first-order chi connectivity index (χ1) is 18.4. The van der Waals surface area contributed by atoms with Crippen LogP contribution in [0.1, 0.15) is 25.8 Å². The molecule has 0 bridgehead atoms. The Labute approximate surface area is 248 Å². The van der Waals surface area contributed by atoms with Gasteiger partial charge in [0.25, 0.3) is 10.0 Å². The Balaban J connectivity index is 2.07. The molecule has 3 rings (SSSR count). The van der Waals surface area contributed by atoms with Gasteiger partial charge in [-0.15, -0.1) is 0 Å². The van der Waals surface area contributed by atoms with Gasteiger partial charge < -0.3 is 10.2 Å². The number of halogens is 4. The monoisotopic (exact) mass is 629 g/mol. The lowest BCUT2D eigenvalue weighted by molar-refractivity contribution is -0.139. The van der Waals surface area contributed by atoms with Gasteiger partial charge in [0.05, 0.1) is 15.6 Å². The maximum atomic E-state index is 13.9. The number of sulfonamides is 1. The van der Waals surface area contributed by atoms with Gasteiger partial charge in [0, 0.05) is 28.2 Å². The second kappa shape index (κ2) is 13.7. The highest BCUT2D eigenvalue weighted by atomic mass is 35.5. The van der Waals surface area contributed by atoms with E-state index < -0.39 is 34.4 Å². The Morgan fingerprint density at radius 1 is 0.897 bits per heavy atom. The Morgan fingerprint density at radius 3 is 2.18 bits per heavy atom. The predicted molar refractivity (Wildman–Crippen MR) is 157 cm³/mol. The molecule has 0 fully saturated rings. The average Bonchev–Trinajstić information content (AvgIpc) is 2.91. The molecular weight excluding hydrogens is 604 g/mol. The standard InChI is InChI=1S/C27H27Cl4N3O4S/c1-3-13-32-27(36)18(2)33(16-19-9-10-20(28)14-24(19)31)26(35)17-34(25-15-21(29)11-12-23(25)30)39(37,38)22-7-5-4-6-8-22/h4-12,14-15,18H,3,13,16-17H2,1-2H3,(H,32,36)/t18-/m1/s1. The zero-order chi connectivity index (χ0) is 28.7. The van der Waals surface area contributed by atoms with Crippen molar-refractivity contribution < 1.29 is 18.0 Å². The average molecular weight is 631 g/mol. The smallest absolute Gasteiger partial charge is 0.264 e. The molecule has 0 radical (unpaired) electrons. The Bertz CT molecular complexity index is 1440. The molecule has 0 aliphatic rings. The van der Waals surface area contributed by atoms with E-state index in [0.29, 0.717) is 28.6 Å². The number of carbonyl (C=O) groups excluding carboxylic acids is 2. The maximum Gasteiger partial charge on any atom is 0.264 e. The van der Waals surface area contributed by atoms with E-state index in [1.807, 2.05) is 6.92 Å². The van der Waals surface area contributed by atoms with Crippen LogP contribution in [-0.2, 0) is 26.2 Å². The fourth-order valence-corrected chi connectivity index (χ4v) is 6.07. The summed E-state index contributed by atoms with van der Waals surface area (Å²) >= 11 is 25.0. The minimum absolute atomic E-state index is 0.0222. The van der Waals surface area contributed by atoms with E-state index >= 15 is 0 Å². The molecule has 0 unspecified atom stereocenters. The molecular formula is C27H27Cl4N3O4S. The molecule has 3 aromatic carbocycles. The van der Waals surface area contributed by atoms with Crippen molar-refractivity contribution in [3.8, 4) is 0 Å². The van der Waals surface area contributed by atoms with Crippen LogP contribution in [0.25, 0.3) is 0 Å². The molecule has 0 saturated carbocycles. The highest BCUT2D eigenvalue weighted by Gasteiger charge is 2.33. The number of anilines is 1. The predicted octanol–water partition coefficient (Wildman–Crippen LogP) is 6.44. The second-order valence-electron chi connectivity index (χ2n) is 8.64. The van der Waals surface area contributed by atoms with Gasteiger partial charge in [-0.1, -0.05) is 77.6 Å². The first-order valence-electron chi connectivity index (χ1n) is 12.0. The van der Waals surface area contributed by atoms with Gasteiger partial charge in [0.1, 0.15) is 12.6 Å². The molecule has 1 atom stereocenters. The molecule has 208 valence electrons. The van der Waals surface area contributed by atoms with Gasteiger partial charge in [0.15, 0.2) is 0 Å². The molecule has 39 heavy (non-hydrogen) atoms. The van der Waals surface area contributed by atoms with Crippen LogP contribution in [0.15, 0.2) is 71.6 Å². The summed E-state index contributed by atoms with van der Waals surface area (Å²) in [5.74, 6) is -1.05. The Kier molecular flexibility index (Phi) is 10.9. The number of benzene rings is 3. The minimum Gasteiger partial charge on any atom is -0.354 e. The summed E-state index contributed by atoms with van der Waals surface area (Å²) in [7, 11) is -4.27. The van der Waals surface area contributed by atoms with Gasteiger partial charge in [0.2, 0.25) is 11.8 Å². The van der Waals surface area contributed by atoms with Crippen LogP contribution in [0.4, 0.5) is 5.69 Å². The van der Waals surface area contributed by atoms with Crippen LogP contribution in [0.2, 0.25) is 20.1 Å². The molecule has 3 aromatic rings. The number of nitrogens with zero attached hydrogens (tertiary/aromatic N) is 2. The Hall–Kier alpha value is -2.49. The van der Waals surface area contributed by atoms with Crippen molar-refractivity contribution in [2.24, 2.45) is 0 Å². The van der Waals surface area contributed by atoms with Crippen LogP contribution >= 0.6 is 46.4 Å². The Morgan fingerprint density at radius 2 is 1.54 bits per heavy atom. The van der Waals surface area contributed by atoms with Crippen LogP contribution < -0.4 is 9.62 Å². The SMILES string of the molecule is CCCNC(=O)[C@@H](C)N(Cc1ccc(Cl)cc1Cl)C(=O)CN(c1cc(Cl)ccc1Cl)S(=O)(=O)c1ccccc1. The molecule has 1 N–H and O–H groups in total. The van der Waals surface area contributed by atoms with E-state index in [1.54, 1.807) is 37.3 Å². The molecule has 0 aliphatic carbocycles. The normalized spacial score (nSPS) is 12.1. The van der Waals surface area contributed by atoms with Crippen molar-refractivity contribution in [3.05, 3.63) is 92.4 Å². The van der Waals surface area contributed by atoms with Gasteiger partial charge in [-0.3, -0.25) is 13.9 Å². The lowest BCUT2D eigenvalue weighted by Gasteiger charge is -2.32. The number of amides is 2. The maximum absolute atomic E-state index is 13.9. The number of carbonyl (C=O) groups is 2. The van der Waals surface area contributed by atoms with E-state index in [9.17, 15) is 18.0 Å². The summed E-state index contributed by atoms with van der Waals surface area (Å²) in [5, 5.41) is 3.79. The van der Waals surface area contributed by atoms with Gasteiger partial charge in [-0.05, 0) is 61.4 Å². The van der Waals surface area contributed by atoms with Gasteiger partial charge >= 0.3 is 0 Å². The second-order valence-corrected chi connectivity index (χ2v) is 12.2. The van der Waals surface area contributed by atoms with Gasteiger partial charge in [-0.2, -0.15) is 0 Å². The fourth-order valence-electron chi connectivity index (χ4n) is 3.72. The van der Waals surface area contributed by atoms with Crippen molar-refractivity contribution >= 4 is 73.9 Å². The number of rotatable bonds is 11. The minimum atomic E-state index is -4.27. The molecule has 2 amide bonds. The lowest BCUT2D eigenvalue weighted by atomic mass is 10.1. The quantitative estimate of drug-likeness (QED) is 0.264. The van der Waals surface area contributed by atoms with Crippen LogP contribution in [-0.4, -0.2) is 44.3 Å². The molecule has 0 heterocycles. The van der Waals surface area contributed by atoms with E-state index in [-0.39, 0.29) is 27.2 Å². The summed E-state index contributed by atoms with van der Waals surface area (Å²) in [4.78, 5) is 28.0. The van der Waals surface area contributed by atoms with Crippen molar-refractivity contribution in [1.82, 2.24) is 10.2 Å². The molecule has 0 spiro atoms. The zero-order valence-corrected chi connectivity index (χ0v) is 25.0. The summed E-state index contributed by atoms with van der Waals surface area (Å²) < 4.78 is 28.5. The zero-order valence-electron chi connectivity index (χ0n) is 21.2. The third-order valence-corrected chi connectivity index (χ3v) is 8.77. The molecule has 12 heteroatoms. The fraction of sp³-hybridized carbons (Fsp3) is 0.259. The van der Waals surface area contributed by atoms with Crippen molar-refractivity contribution in [2.45, 2.75) is 37.8 Å². The number of hydrogen-bond donors (Lipinski definition) is 1. The van der Waals surface area contributed by atoms with Crippen LogP contribution in [0.5, 0.6) is 0 Å². The van der Waals surface area contributed by atoms with E-state index in [2.05, 4.69) is 5.32 Å². The summed E-state index contributed by atoms with van der Waals surface area (Å²) in [6.45, 7) is 3.16. The molecule has 0 aromatic heterocycles. The first-order valence-corrected chi connectivity index (χ1v) is 14.9.